The van der Waals surface area contributed by atoms with Gasteiger partial charge in [0.05, 0.1) is 5.66 Å². The van der Waals surface area contributed by atoms with Gasteiger partial charge in [0.15, 0.2) is 5.76 Å². The number of piperazine rings is 1. The minimum Gasteiger partial charge on any atom is -0.360 e. The predicted molar refractivity (Wildman–Crippen MR) is 109 cm³/mol. The van der Waals surface area contributed by atoms with E-state index >= 15 is 0 Å². The normalized spacial score (nSPS) is 28.4. The smallest absolute Gasteiger partial charge is 0.248 e. The molecule has 4 aliphatic rings. The lowest BCUT2D eigenvalue weighted by Crippen LogP contribution is -2.63. The molecule has 3 saturated heterocycles. The Balaban J connectivity index is 1.42. The summed E-state index contributed by atoms with van der Waals surface area (Å²) in [6, 6.07) is -0.104. The number of hydrogen-bond donors (Lipinski definition) is 0. The first kappa shape index (κ1) is 20.4. The Bertz CT molecular complexity index is 929. The highest BCUT2D eigenvalue weighted by Gasteiger charge is 2.59. The predicted octanol–water partition coefficient (Wildman–Crippen LogP) is 0.640. The van der Waals surface area contributed by atoms with Crippen LogP contribution in [0.1, 0.15) is 37.1 Å². The maximum atomic E-state index is 13.4. The van der Waals surface area contributed by atoms with Crippen molar-refractivity contribution in [3.8, 4) is 0 Å². The van der Waals surface area contributed by atoms with Gasteiger partial charge in [0.2, 0.25) is 15.9 Å². The van der Waals surface area contributed by atoms with Gasteiger partial charge in [0.25, 0.3) is 0 Å². The number of rotatable bonds is 4. The molecule has 0 radical (unpaired) electrons. The van der Waals surface area contributed by atoms with Crippen LogP contribution in [-0.4, -0.2) is 96.5 Å². The number of nitrogens with zero attached hydrogens (tertiary/aromatic N) is 5. The molecule has 5 rings (SSSR count). The van der Waals surface area contributed by atoms with Crippen molar-refractivity contribution in [3.05, 3.63) is 11.5 Å². The molecule has 0 unspecified atom stereocenters. The summed E-state index contributed by atoms with van der Waals surface area (Å²) in [6.07, 6.45) is 3.68. The van der Waals surface area contributed by atoms with Crippen LogP contribution in [-0.2, 0) is 14.8 Å². The maximum Gasteiger partial charge on any atom is 0.248 e. The van der Waals surface area contributed by atoms with E-state index in [1.54, 1.807) is 18.2 Å². The summed E-state index contributed by atoms with van der Waals surface area (Å²) in [5.74, 6) is 1.17. The molecule has 0 N–H and O–H groups in total. The Morgan fingerprint density at radius 1 is 1.13 bits per heavy atom. The van der Waals surface area contributed by atoms with Crippen LogP contribution in [0.15, 0.2) is 9.42 Å². The van der Waals surface area contributed by atoms with Gasteiger partial charge in [-0.1, -0.05) is 5.16 Å². The highest BCUT2D eigenvalue weighted by molar-refractivity contribution is 7.89. The second-order valence-electron chi connectivity index (χ2n) is 9.40. The van der Waals surface area contributed by atoms with Gasteiger partial charge < -0.3 is 14.3 Å². The summed E-state index contributed by atoms with van der Waals surface area (Å²) in [4.78, 5) is 20.3. The summed E-state index contributed by atoms with van der Waals surface area (Å²) < 4.78 is 33.2. The van der Waals surface area contributed by atoms with Crippen molar-refractivity contribution >= 4 is 15.9 Å². The van der Waals surface area contributed by atoms with Gasteiger partial charge in [0, 0.05) is 39.3 Å². The number of carbonyl (C=O) groups excluding carboxylic acids is 1. The second-order valence-corrected chi connectivity index (χ2v) is 11.3. The van der Waals surface area contributed by atoms with E-state index in [-0.39, 0.29) is 22.5 Å². The van der Waals surface area contributed by atoms with Crippen LogP contribution in [0.5, 0.6) is 0 Å². The summed E-state index contributed by atoms with van der Waals surface area (Å²) in [7, 11) is -1.59. The molecule has 1 aromatic heterocycles. The fourth-order valence-electron chi connectivity index (χ4n) is 5.60. The van der Waals surface area contributed by atoms with Gasteiger partial charge >= 0.3 is 0 Å². The molecule has 1 aliphatic carbocycles. The lowest BCUT2D eigenvalue weighted by Gasteiger charge is -2.50. The van der Waals surface area contributed by atoms with Gasteiger partial charge in [-0.2, -0.15) is 4.31 Å². The van der Waals surface area contributed by atoms with E-state index in [0.29, 0.717) is 43.3 Å². The van der Waals surface area contributed by atoms with Crippen molar-refractivity contribution in [2.24, 2.45) is 5.92 Å². The highest BCUT2D eigenvalue weighted by Crippen LogP contribution is 2.45. The molecule has 1 spiro atoms. The minimum absolute atomic E-state index is 0.104. The first-order valence-corrected chi connectivity index (χ1v) is 12.4. The van der Waals surface area contributed by atoms with E-state index in [1.165, 1.54) is 12.8 Å². The third-order valence-electron chi connectivity index (χ3n) is 7.40. The Hall–Kier alpha value is -1.49. The fraction of sp³-hybridized carbons (Fsp3) is 0.800. The van der Waals surface area contributed by atoms with E-state index < -0.39 is 10.0 Å². The number of piperidine rings is 1. The molecule has 10 heteroatoms. The molecule has 0 bridgehead atoms. The maximum absolute atomic E-state index is 13.4. The van der Waals surface area contributed by atoms with Crippen LogP contribution < -0.4 is 0 Å². The van der Waals surface area contributed by atoms with Gasteiger partial charge in [-0.15, -0.1) is 0 Å². The quantitative estimate of drug-likeness (QED) is 0.683. The molecule has 0 aromatic carbocycles. The fourth-order valence-corrected chi connectivity index (χ4v) is 7.33. The average Bonchev–Trinajstić information content (AvgIpc) is 3.43. The molecular weight excluding hydrogens is 406 g/mol. The molecule has 4 fully saturated rings. The summed E-state index contributed by atoms with van der Waals surface area (Å²) in [5.41, 5.74) is 0.0504. The van der Waals surface area contributed by atoms with Crippen LogP contribution in [0.25, 0.3) is 0 Å². The second kappa shape index (κ2) is 7.01. The van der Waals surface area contributed by atoms with Crippen LogP contribution >= 0.6 is 0 Å². The molecule has 4 heterocycles. The number of carbonyl (C=O) groups is 1. The number of likely N-dealkylation sites (N-methyl/N-ethyl adjacent to an activating group) is 1. The SMILES string of the molecule is Cc1noc(C)c1S(=O)(=O)N1CCC2(CC1)N(CC1CC1)C(=O)[C@H]1CN(C)CCN12. The lowest BCUT2D eigenvalue weighted by atomic mass is 9.94. The molecular formula is C20H31N5O4S. The largest absolute Gasteiger partial charge is 0.360 e. The first-order valence-electron chi connectivity index (χ1n) is 10.9. The van der Waals surface area contributed by atoms with Crippen molar-refractivity contribution in [1.29, 1.82) is 0 Å². The molecule has 3 aliphatic heterocycles. The van der Waals surface area contributed by atoms with Crippen molar-refractivity contribution in [2.75, 3.05) is 46.3 Å². The Morgan fingerprint density at radius 2 is 1.83 bits per heavy atom. The number of sulfonamides is 1. The molecule has 30 heavy (non-hydrogen) atoms. The van der Waals surface area contributed by atoms with Crippen molar-refractivity contribution < 1.29 is 17.7 Å². The average molecular weight is 438 g/mol. The highest BCUT2D eigenvalue weighted by atomic mass is 32.2. The molecule has 1 aromatic rings. The minimum atomic E-state index is -3.66. The van der Waals surface area contributed by atoms with Gasteiger partial charge in [0.1, 0.15) is 16.6 Å². The number of fused-ring (bicyclic) bond motifs is 2. The Labute approximate surface area is 178 Å². The van der Waals surface area contributed by atoms with E-state index in [9.17, 15) is 13.2 Å². The summed E-state index contributed by atoms with van der Waals surface area (Å²) in [6.45, 7) is 7.46. The van der Waals surface area contributed by atoms with E-state index in [4.69, 9.17) is 4.52 Å². The molecule has 166 valence electrons. The topological polar surface area (TPSA) is 90.2 Å². The first-order chi connectivity index (χ1) is 14.2. The van der Waals surface area contributed by atoms with Crippen LogP contribution in [0.3, 0.4) is 0 Å². The third kappa shape index (κ3) is 3.03. The number of aromatic nitrogens is 1. The van der Waals surface area contributed by atoms with Crippen LogP contribution in [0.4, 0.5) is 0 Å². The van der Waals surface area contributed by atoms with Crippen LogP contribution in [0, 0.1) is 19.8 Å². The number of aryl methyl sites for hydroxylation is 2. The van der Waals surface area contributed by atoms with Crippen molar-refractivity contribution in [3.63, 3.8) is 0 Å². The van der Waals surface area contributed by atoms with Crippen LogP contribution in [0.2, 0.25) is 0 Å². The zero-order valence-electron chi connectivity index (χ0n) is 18.0. The van der Waals surface area contributed by atoms with E-state index in [1.807, 2.05) is 0 Å². The van der Waals surface area contributed by atoms with E-state index in [2.05, 4.69) is 26.9 Å². The van der Waals surface area contributed by atoms with Gasteiger partial charge in [-0.25, -0.2) is 8.42 Å². The Kier molecular flexibility index (Phi) is 4.77. The molecule has 1 atom stereocenters. The Morgan fingerprint density at radius 3 is 2.43 bits per heavy atom. The number of hydrogen-bond acceptors (Lipinski definition) is 7. The van der Waals surface area contributed by atoms with Crippen molar-refractivity contribution in [1.82, 2.24) is 24.2 Å². The summed E-state index contributed by atoms with van der Waals surface area (Å²) >= 11 is 0. The molecule has 1 amide bonds. The van der Waals surface area contributed by atoms with Crippen molar-refractivity contribution in [2.45, 2.75) is 56.1 Å². The third-order valence-corrected chi connectivity index (χ3v) is 9.54. The summed E-state index contributed by atoms with van der Waals surface area (Å²) in [5, 5.41) is 3.82. The van der Waals surface area contributed by atoms with Gasteiger partial charge in [-0.3, -0.25) is 9.69 Å². The zero-order chi connectivity index (χ0) is 21.3. The number of amides is 1. The van der Waals surface area contributed by atoms with Gasteiger partial charge in [-0.05, 0) is 52.5 Å². The molecule has 1 saturated carbocycles. The standard InChI is InChI=1S/C20H31N5O4S/c1-14-18(15(2)29-21-14)30(27,28)23-8-6-20(7-9-23)24-11-10-22(3)13-17(24)19(26)25(20)12-16-4-5-16/h16-17H,4-13H2,1-3H3/t17-/m1/s1. The zero-order valence-corrected chi connectivity index (χ0v) is 18.8. The van der Waals surface area contributed by atoms with E-state index in [0.717, 1.165) is 26.2 Å². The lowest BCUT2D eigenvalue weighted by molar-refractivity contribution is -0.134. The molecule has 9 nitrogen and oxygen atoms in total. The monoisotopic (exact) mass is 437 g/mol.